The van der Waals surface area contributed by atoms with E-state index in [1.807, 2.05) is 6.07 Å². The molecule has 0 aromatic heterocycles. The van der Waals surface area contributed by atoms with Gasteiger partial charge in [-0.15, -0.1) is 0 Å². The maximum Gasteiger partial charge on any atom is 0.407 e. The van der Waals surface area contributed by atoms with E-state index in [4.69, 9.17) is 18.9 Å². The number of carbonyl (C=O) groups excluding carboxylic acids is 2. The fraction of sp³-hybridized carbons (Fsp3) is 0.444. The smallest absolute Gasteiger partial charge is 0.407 e. The van der Waals surface area contributed by atoms with E-state index in [1.54, 1.807) is 19.1 Å². The minimum atomic E-state index is -2.79. The summed E-state index contributed by atoms with van der Waals surface area (Å²) in [6.07, 6.45) is -4.59. The zero-order valence-electron chi connectivity index (χ0n) is 21.7. The number of carbonyl (C=O) groups is 3. The van der Waals surface area contributed by atoms with Crippen LogP contribution in [0.3, 0.4) is 0 Å². The molecule has 2 aliphatic heterocycles. The SMILES string of the molecule is COC(=O)c1c(OC[C@H]2C[C@H](Oc3ccc4c(c3)NC(=O)CC4)CN2C(=O)O)cc(C)cc1OC(C)C(F)F. The summed E-state index contributed by atoms with van der Waals surface area (Å²) in [5, 5.41) is 12.6. The highest BCUT2D eigenvalue weighted by Crippen LogP contribution is 2.34. The van der Waals surface area contributed by atoms with Crippen LogP contribution in [-0.2, 0) is 16.0 Å². The van der Waals surface area contributed by atoms with Gasteiger partial charge in [0.05, 0.1) is 19.7 Å². The molecule has 0 radical (unpaired) electrons. The third-order valence-electron chi connectivity index (χ3n) is 6.60. The van der Waals surface area contributed by atoms with Gasteiger partial charge in [0.15, 0.2) is 6.10 Å². The first-order valence-corrected chi connectivity index (χ1v) is 12.4. The van der Waals surface area contributed by atoms with Crippen molar-refractivity contribution in [2.75, 3.05) is 25.6 Å². The molecule has 2 aromatic rings. The Labute approximate surface area is 223 Å². The molecule has 2 amide bonds. The molecule has 12 heteroatoms. The summed E-state index contributed by atoms with van der Waals surface area (Å²) in [5.41, 5.74) is 2.08. The van der Waals surface area contributed by atoms with Crippen molar-refractivity contribution in [3.8, 4) is 17.2 Å². The van der Waals surface area contributed by atoms with Gasteiger partial charge in [-0.1, -0.05) is 6.07 Å². The quantitative estimate of drug-likeness (QED) is 0.445. The number of nitrogens with one attached hydrogen (secondary N) is 1. The zero-order chi connectivity index (χ0) is 28.3. The number of methoxy groups -OCH3 is 1. The van der Waals surface area contributed by atoms with Gasteiger partial charge in [0.25, 0.3) is 6.43 Å². The zero-order valence-corrected chi connectivity index (χ0v) is 21.7. The molecule has 210 valence electrons. The molecule has 10 nitrogen and oxygen atoms in total. The van der Waals surface area contributed by atoms with E-state index in [2.05, 4.69) is 5.32 Å². The first-order chi connectivity index (χ1) is 18.5. The lowest BCUT2D eigenvalue weighted by Gasteiger charge is -2.23. The van der Waals surface area contributed by atoms with E-state index in [0.717, 1.165) is 12.7 Å². The van der Waals surface area contributed by atoms with Crippen molar-refractivity contribution in [2.45, 2.75) is 57.8 Å². The fourth-order valence-electron chi connectivity index (χ4n) is 4.64. The predicted octanol–water partition coefficient (Wildman–Crippen LogP) is 4.28. The van der Waals surface area contributed by atoms with Crippen LogP contribution in [0.15, 0.2) is 30.3 Å². The molecule has 2 aliphatic rings. The second kappa shape index (κ2) is 11.7. The van der Waals surface area contributed by atoms with Gasteiger partial charge in [-0.3, -0.25) is 9.69 Å². The number of nitrogens with zero attached hydrogens (tertiary/aromatic N) is 1. The lowest BCUT2D eigenvalue weighted by molar-refractivity contribution is -0.116. The molecule has 0 saturated carbocycles. The number of esters is 1. The molecule has 1 unspecified atom stereocenters. The first kappa shape index (κ1) is 27.9. The maximum absolute atomic E-state index is 13.1. The molecular formula is C27H30F2N2O8. The number of benzene rings is 2. The molecule has 0 aliphatic carbocycles. The number of fused-ring (bicyclic) bond motifs is 1. The summed E-state index contributed by atoms with van der Waals surface area (Å²) in [4.78, 5) is 37.4. The van der Waals surface area contributed by atoms with Crippen molar-refractivity contribution in [3.05, 3.63) is 47.0 Å². The number of carboxylic acid groups (broad SMARTS) is 1. The standard InChI is InChI=1S/C27H30F2N2O8/c1-14-8-21(24(26(33)36-3)22(9-14)38-15(2)25(28)29)37-13-17-10-19(12-31(17)27(34)35)39-18-6-4-16-5-7-23(32)30-20(16)11-18/h4,6,8-9,11,15,17,19,25H,5,7,10,12-13H2,1-3H3,(H,30,32)(H,34,35)/t15?,17-,19+/m1/s1. The largest absolute Gasteiger partial charge is 0.490 e. The summed E-state index contributed by atoms with van der Waals surface area (Å²) in [5.74, 6) is -0.516. The molecule has 1 fully saturated rings. The Morgan fingerprint density at radius 3 is 2.62 bits per heavy atom. The average Bonchev–Trinajstić information content (AvgIpc) is 3.29. The van der Waals surface area contributed by atoms with Crippen molar-refractivity contribution >= 4 is 23.7 Å². The molecule has 2 N–H and O–H groups in total. The van der Waals surface area contributed by atoms with E-state index in [9.17, 15) is 28.3 Å². The number of aryl methyl sites for hydroxylation is 2. The monoisotopic (exact) mass is 548 g/mol. The first-order valence-electron chi connectivity index (χ1n) is 12.4. The topological polar surface area (TPSA) is 124 Å². The van der Waals surface area contributed by atoms with E-state index < -0.39 is 36.7 Å². The van der Waals surface area contributed by atoms with Crippen LogP contribution in [0.5, 0.6) is 17.2 Å². The van der Waals surface area contributed by atoms with E-state index >= 15 is 0 Å². The highest BCUT2D eigenvalue weighted by Gasteiger charge is 2.38. The van der Waals surface area contributed by atoms with Gasteiger partial charge in [0, 0.05) is 24.6 Å². The summed E-state index contributed by atoms with van der Waals surface area (Å²) >= 11 is 0. The number of likely N-dealkylation sites (tertiary alicyclic amines) is 1. The van der Waals surface area contributed by atoms with Crippen LogP contribution in [0.2, 0.25) is 0 Å². The number of alkyl halides is 2. The lowest BCUT2D eigenvalue weighted by atomic mass is 10.0. The predicted molar refractivity (Wildman–Crippen MR) is 135 cm³/mol. The average molecular weight is 549 g/mol. The third-order valence-corrected chi connectivity index (χ3v) is 6.60. The Hall–Kier alpha value is -4.09. The van der Waals surface area contributed by atoms with Crippen LogP contribution in [0.25, 0.3) is 0 Å². The molecule has 0 spiro atoms. The van der Waals surface area contributed by atoms with Gasteiger partial charge >= 0.3 is 12.1 Å². The molecule has 0 bridgehead atoms. The van der Waals surface area contributed by atoms with Gasteiger partial charge in [0.1, 0.15) is 35.5 Å². The maximum atomic E-state index is 13.1. The fourth-order valence-corrected chi connectivity index (χ4v) is 4.64. The number of hydrogen-bond donors (Lipinski definition) is 2. The van der Waals surface area contributed by atoms with E-state index in [-0.39, 0.29) is 36.1 Å². The van der Waals surface area contributed by atoms with Gasteiger partial charge in [-0.05, 0) is 49.6 Å². The normalized spacial score (nSPS) is 19.2. The molecule has 4 rings (SSSR count). The molecule has 3 atom stereocenters. The Morgan fingerprint density at radius 1 is 1.18 bits per heavy atom. The summed E-state index contributed by atoms with van der Waals surface area (Å²) < 4.78 is 48.4. The Balaban J connectivity index is 1.50. The minimum absolute atomic E-state index is 0.0263. The molecule has 2 heterocycles. The second-order valence-electron chi connectivity index (χ2n) is 9.53. The summed E-state index contributed by atoms with van der Waals surface area (Å²) in [6, 6.07) is 7.71. The number of amides is 2. The van der Waals surface area contributed by atoms with E-state index in [0.29, 0.717) is 36.3 Å². The van der Waals surface area contributed by atoms with Crippen LogP contribution in [-0.4, -0.2) is 72.9 Å². The molecule has 39 heavy (non-hydrogen) atoms. The van der Waals surface area contributed by atoms with Crippen molar-refractivity contribution in [1.29, 1.82) is 0 Å². The molecule has 1 saturated heterocycles. The Bertz CT molecular complexity index is 1250. The summed E-state index contributed by atoms with van der Waals surface area (Å²) in [6.45, 7) is 2.79. The third kappa shape index (κ3) is 6.50. The molecular weight excluding hydrogens is 518 g/mol. The van der Waals surface area contributed by atoms with Crippen LogP contribution >= 0.6 is 0 Å². The number of halogens is 2. The van der Waals surface area contributed by atoms with Crippen molar-refractivity contribution < 1.29 is 47.2 Å². The lowest BCUT2D eigenvalue weighted by Crippen LogP contribution is -2.38. The van der Waals surface area contributed by atoms with E-state index in [1.165, 1.54) is 24.0 Å². The van der Waals surface area contributed by atoms with Gasteiger partial charge in [0.2, 0.25) is 5.91 Å². The number of rotatable bonds is 9. The van der Waals surface area contributed by atoms with Gasteiger partial charge in [-0.25, -0.2) is 18.4 Å². The Kier molecular flexibility index (Phi) is 8.41. The number of hydrogen-bond acceptors (Lipinski definition) is 7. The Morgan fingerprint density at radius 2 is 1.92 bits per heavy atom. The summed E-state index contributed by atoms with van der Waals surface area (Å²) in [7, 11) is 1.14. The minimum Gasteiger partial charge on any atom is -0.490 e. The van der Waals surface area contributed by atoms with Crippen molar-refractivity contribution in [3.63, 3.8) is 0 Å². The highest BCUT2D eigenvalue weighted by molar-refractivity contribution is 5.96. The highest BCUT2D eigenvalue weighted by atomic mass is 19.3. The van der Waals surface area contributed by atoms with Crippen molar-refractivity contribution in [1.82, 2.24) is 4.90 Å². The van der Waals surface area contributed by atoms with Crippen LogP contribution in [0.4, 0.5) is 19.3 Å². The second-order valence-corrected chi connectivity index (χ2v) is 9.53. The van der Waals surface area contributed by atoms with Gasteiger partial charge < -0.3 is 29.4 Å². The van der Waals surface area contributed by atoms with Crippen LogP contribution in [0.1, 0.15) is 41.3 Å². The van der Waals surface area contributed by atoms with Crippen LogP contribution < -0.4 is 19.5 Å². The van der Waals surface area contributed by atoms with Crippen molar-refractivity contribution in [2.24, 2.45) is 0 Å². The number of ether oxygens (including phenoxy) is 4. The number of anilines is 1. The molecule has 2 aromatic carbocycles. The van der Waals surface area contributed by atoms with Gasteiger partial charge in [-0.2, -0.15) is 0 Å². The van der Waals surface area contributed by atoms with Crippen LogP contribution in [0, 0.1) is 6.92 Å².